The van der Waals surface area contributed by atoms with Crippen molar-refractivity contribution in [3.8, 4) is 0 Å². The van der Waals surface area contributed by atoms with Gasteiger partial charge in [0.1, 0.15) is 0 Å². The van der Waals surface area contributed by atoms with Crippen LogP contribution in [0.5, 0.6) is 0 Å². The molecule has 3 heteroatoms. The molecule has 0 bridgehead atoms. The molecule has 3 nitrogen and oxygen atoms in total. The molecule has 0 spiro atoms. The van der Waals surface area contributed by atoms with Crippen LogP contribution in [0.2, 0.25) is 0 Å². The first-order valence-electron chi connectivity index (χ1n) is 4.77. The van der Waals surface area contributed by atoms with Crippen molar-refractivity contribution in [3.05, 3.63) is 12.2 Å². The van der Waals surface area contributed by atoms with Crippen LogP contribution < -0.4 is 5.32 Å². The highest BCUT2D eigenvalue weighted by atomic mass is 16.5. The average Bonchev–Trinajstić information content (AvgIpc) is 2.10. The van der Waals surface area contributed by atoms with Gasteiger partial charge in [-0.3, -0.25) is 0 Å². The van der Waals surface area contributed by atoms with E-state index in [0.29, 0.717) is 19.8 Å². The van der Waals surface area contributed by atoms with E-state index in [2.05, 4.69) is 11.9 Å². The van der Waals surface area contributed by atoms with Crippen molar-refractivity contribution in [2.45, 2.75) is 26.4 Å². The van der Waals surface area contributed by atoms with E-state index in [1.165, 1.54) is 0 Å². The molecular weight excluding hydrogens is 166 g/mol. The number of hydrogen-bond acceptors (Lipinski definition) is 3. The van der Waals surface area contributed by atoms with Crippen molar-refractivity contribution < 1.29 is 9.84 Å². The Morgan fingerprint density at radius 2 is 2.31 bits per heavy atom. The fourth-order valence-electron chi connectivity index (χ4n) is 0.804. The molecule has 0 amide bonds. The highest BCUT2D eigenvalue weighted by molar-refractivity contribution is 4.87. The smallest absolute Gasteiger partial charge is 0.0672 e. The predicted molar refractivity (Wildman–Crippen MR) is 54.8 cm³/mol. The molecule has 13 heavy (non-hydrogen) atoms. The Morgan fingerprint density at radius 3 is 2.85 bits per heavy atom. The molecule has 0 rings (SSSR count). The summed E-state index contributed by atoms with van der Waals surface area (Å²) in [5.74, 6) is 0. The number of nitrogens with one attached hydrogen (secondary N) is 1. The van der Waals surface area contributed by atoms with Gasteiger partial charge in [0.05, 0.1) is 19.3 Å². The summed E-state index contributed by atoms with van der Waals surface area (Å²) in [5, 5.41) is 12.3. The Morgan fingerprint density at radius 1 is 1.62 bits per heavy atom. The molecule has 1 unspecified atom stereocenters. The van der Waals surface area contributed by atoms with Gasteiger partial charge in [-0.1, -0.05) is 19.1 Å². The van der Waals surface area contributed by atoms with Crippen molar-refractivity contribution in [1.82, 2.24) is 5.32 Å². The molecule has 78 valence electrons. The molecular formula is C10H21NO2. The second-order valence-electron chi connectivity index (χ2n) is 3.28. The number of aliphatic hydroxyl groups is 1. The Hall–Kier alpha value is -0.380. The third-order valence-electron chi connectivity index (χ3n) is 1.62. The first kappa shape index (κ1) is 12.6. The van der Waals surface area contributed by atoms with Crippen LogP contribution in [0.1, 0.15) is 20.3 Å². The summed E-state index contributed by atoms with van der Waals surface area (Å²) in [6.07, 6.45) is 0.556. The Kier molecular flexibility index (Phi) is 7.99. The van der Waals surface area contributed by atoms with Crippen LogP contribution >= 0.6 is 0 Å². The molecule has 0 radical (unpaired) electrons. The molecule has 0 saturated carbocycles. The quantitative estimate of drug-likeness (QED) is 0.439. The zero-order valence-electron chi connectivity index (χ0n) is 8.68. The summed E-state index contributed by atoms with van der Waals surface area (Å²) >= 11 is 0. The lowest BCUT2D eigenvalue weighted by molar-refractivity contribution is 0.141. The summed E-state index contributed by atoms with van der Waals surface area (Å²) in [4.78, 5) is 0. The van der Waals surface area contributed by atoms with Gasteiger partial charge < -0.3 is 15.2 Å². The third-order valence-corrected chi connectivity index (χ3v) is 1.62. The highest BCUT2D eigenvalue weighted by Gasteiger charge is 1.97. The molecule has 0 aromatic rings. The monoisotopic (exact) mass is 187 g/mol. The second-order valence-corrected chi connectivity index (χ2v) is 3.28. The summed E-state index contributed by atoms with van der Waals surface area (Å²) in [7, 11) is 0. The van der Waals surface area contributed by atoms with Crippen molar-refractivity contribution in [1.29, 1.82) is 0 Å². The van der Waals surface area contributed by atoms with Crippen LogP contribution in [-0.4, -0.2) is 37.5 Å². The lowest BCUT2D eigenvalue weighted by atomic mass is 10.3. The zero-order valence-corrected chi connectivity index (χ0v) is 8.68. The maximum atomic E-state index is 9.19. The molecule has 0 aromatic heterocycles. The normalized spacial score (nSPS) is 12.8. The van der Waals surface area contributed by atoms with E-state index in [0.717, 1.165) is 18.5 Å². The summed E-state index contributed by atoms with van der Waals surface area (Å²) in [5.41, 5.74) is 1.04. The van der Waals surface area contributed by atoms with E-state index in [4.69, 9.17) is 4.74 Å². The molecule has 0 aliphatic carbocycles. The van der Waals surface area contributed by atoms with E-state index in [1.807, 2.05) is 13.8 Å². The fraction of sp³-hybridized carbons (Fsp3) is 0.800. The molecule has 0 fully saturated rings. The average molecular weight is 187 g/mol. The molecule has 0 aliphatic heterocycles. The van der Waals surface area contributed by atoms with Crippen LogP contribution in [0.4, 0.5) is 0 Å². The standard InChI is InChI=1S/C10H21NO2/c1-4-10(12)7-11-5-6-13-8-9(2)3/h10-12H,2,4-8H2,1,3H3. The molecule has 0 aromatic carbocycles. The van der Waals surface area contributed by atoms with Crippen LogP contribution in [-0.2, 0) is 4.74 Å². The number of aliphatic hydroxyl groups excluding tert-OH is 1. The molecule has 0 aliphatic rings. The summed E-state index contributed by atoms with van der Waals surface area (Å²) < 4.78 is 5.27. The minimum absolute atomic E-state index is 0.235. The maximum Gasteiger partial charge on any atom is 0.0672 e. The van der Waals surface area contributed by atoms with Gasteiger partial charge >= 0.3 is 0 Å². The largest absolute Gasteiger partial charge is 0.392 e. The number of hydrogen-bond donors (Lipinski definition) is 2. The Bertz CT molecular complexity index is 137. The van der Waals surface area contributed by atoms with E-state index in [1.54, 1.807) is 0 Å². The summed E-state index contributed by atoms with van der Waals surface area (Å²) in [6.45, 7) is 10.4. The molecule has 0 saturated heterocycles. The zero-order chi connectivity index (χ0) is 10.1. The minimum atomic E-state index is -0.235. The van der Waals surface area contributed by atoms with Gasteiger partial charge in [-0.05, 0) is 13.3 Å². The van der Waals surface area contributed by atoms with Crippen LogP contribution in [0.25, 0.3) is 0 Å². The van der Waals surface area contributed by atoms with Gasteiger partial charge in [0.25, 0.3) is 0 Å². The maximum absolute atomic E-state index is 9.19. The van der Waals surface area contributed by atoms with Crippen LogP contribution in [0, 0.1) is 0 Å². The first-order chi connectivity index (χ1) is 6.16. The molecule has 1 atom stereocenters. The highest BCUT2D eigenvalue weighted by Crippen LogP contribution is 1.88. The van der Waals surface area contributed by atoms with Crippen molar-refractivity contribution in [3.63, 3.8) is 0 Å². The van der Waals surface area contributed by atoms with E-state index >= 15 is 0 Å². The van der Waals surface area contributed by atoms with Crippen molar-refractivity contribution >= 4 is 0 Å². The Labute approximate surface area is 80.8 Å². The fourth-order valence-corrected chi connectivity index (χ4v) is 0.804. The van der Waals surface area contributed by atoms with Gasteiger partial charge in [0.15, 0.2) is 0 Å². The number of ether oxygens (including phenoxy) is 1. The van der Waals surface area contributed by atoms with Gasteiger partial charge in [0.2, 0.25) is 0 Å². The van der Waals surface area contributed by atoms with E-state index in [-0.39, 0.29) is 6.10 Å². The van der Waals surface area contributed by atoms with Gasteiger partial charge in [-0.2, -0.15) is 0 Å². The van der Waals surface area contributed by atoms with Crippen LogP contribution in [0.15, 0.2) is 12.2 Å². The molecule has 0 heterocycles. The minimum Gasteiger partial charge on any atom is -0.392 e. The SMILES string of the molecule is C=C(C)COCCNCC(O)CC. The van der Waals surface area contributed by atoms with Crippen LogP contribution in [0.3, 0.4) is 0 Å². The van der Waals surface area contributed by atoms with Crippen molar-refractivity contribution in [2.24, 2.45) is 0 Å². The van der Waals surface area contributed by atoms with Gasteiger partial charge in [-0.25, -0.2) is 0 Å². The number of rotatable bonds is 8. The van der Waals surface area contributed by atoms with E-state index < -0.39 is 0 Å². The molecule has 2 N–H and O–H groups in total. The third kappa shape index (κ3) is 9.53. The predicted octanol–water partition coefficient (Wildman–Crippen LogP) is 0.940. The van der Waals surface area contributed by atoms with E-state index in [9.17, 15) is 5.11 Å². The lowest BCUT2D eigenvalue weighted by Gasteiger charge is -2.09. The second kappa shape index (κ2) is 8.23. The summed E-state index contributed by atoms with van der Waals surface area (Å²) in [6, 6.07) is 0. The first-order valence-corrected chi connectivity index (χ1v) is 4.77. The lowest BCUT2D eigenvalue weighted by Crippen LogP contribution is -2.29. The van der Waals surface area contributed by atoms with Gasteiger partial charge in [0, 0.05) is 13.1 Å². The topological polar surface area (TPSA) is 41.5 Å². The van der Waals surface area contributed by atoms with Gasteiger partial charge in [-0.15, -0.1) is 0 Å². The Balaban J connectivity index is 3.04. The van der Waals surface area contributed by atoms with Crippen molar-refractivity contribution in [2.75, 3.05) is 26.3 Å².